The highest BCUT2D eigenvalue weighted by Crippen LogP contribution is 2.44. The quantitative estimate of drug-likeness (QED) is 0.920. The van der Waals surface area contributed by atoms with Crippen molar-refractivity contribution in [3.8, 4) is 0 Å². The normalized spacial score (nSPS) is 31.9. The molecule has 1 aromatic heterocycles. The van der Waals surface area contributed by atoms with Gasteiger partial charge in [-0.15, -0.1) is 11.3 Å². The minimum atomic E-state index is 0.517. The molecule has 0 amide bonds. The van der Waals surface area contributed by atoms with Crippen LogP contribution in [0.2, 0.25) is 0 Å². The maximum absolute atomic E-state index is 5.07. The Morgan fingerprint density at radius 3 is 3.05 bits per heavy atom. The molecule has 1 aromatic rings. The van der Waals surface area contributed by atoms with E-state index in [1.165, 1.54) is 62.3 Å². The van der Waals surface area contributed by atoms with Gasteiger partial charge in [-0.3, -0.25) is 0 Å². The molecule has 1 saturated heterocycles. The second kappa shape index (κ2) is 5.30. The fraction of sp³-hybridized carbons (Fsp3) is 0.812. The van der Waals surface area contributed by atoms with Crippen LogP contribution in [0, 0.1) is 5.92 Å². The fourth-order valence-electron chi connectivity index (χ4n) is 4.20. The van der Waals surface area contributed by atoms with Crippen LogP contribution in [0.25, 0.3) is 0 Å². The molecular weight excluding hydrogens is 266 g/mol. The van der Waals surface area contributed by atoms with Crippen LogP contribution in [-0.4, -0.2) is 24.1 Å². The second-order valence-corrected chi connectivity index (χ2v) is 7.75. The number of fused-ring (bicyclic) bond motifs is 3. The van der Waals surface area contributed by atoms with E-state index in [0.717, 1.165) is 18.5 Å². The Kier molecular flexibility index (Phi) is 3.47. The van der Waals surface area contributed by atoms with Gasteiger partial charge in [0.25, 0.3) is 0 Å². The molecule has 1 N–H and O–H groups in total. The lowest BCUT2D eigenvalue weighted by molar-refractivity contribution is 0.454. The number of nitrogens with one attached hydrogen (secondary N) is 1. The Balaban J connectivity index is 1.56. The number of anilines is 1. The topological polar surface area (TPSA) is 28.2 Å². The maximum Gasteiger partial charge on any atom is 0.186 e. The number of rotatable bonds is 4. The zero-order valence-corrected chi connectivity index (χ0v) is 13.2. The lowest BCUT2D eigenvalue weighted by Gasteiger charge is -2.26. The molecule has 20 heavy (non-hydrogen) atoms. The van der Waals surface area contributed by atoms with Gasteiger partial charge in [0.2, 0.25) is 0 Å². The van der Waals surface area contributed by atoms with Crippen molar-refractivity contribution in [2.45, 2.75) is 64.0 Å². The van der Waals surface area contributed by atoms with Crippen molar-refractivity contribution in [1.82, 2.24) is 10.3 Å². The summed E-state index contributed by atoms with van der Waals surface area (Å²) in [6.07, 6.45) is 9.31. The molecule has 0 aromatic carbocycles. The zero-order valence-electron chi connectivity index (χ0n) is 12.4. The van der Waals surface area contributed by atoms with Crippen molar-refractivity contribution in [1.29, 1.82) is 0 Å². The van der Waals surface area contributed by atoms with E-state index in [0.29, 0.717) is 6.04 Å². The van der Waals surface area contributed by atoms with Gasteiger partial charge in [0.1, 0.15) is 0 Å². The summed E-state index contributed by atoms with van der Waals surface area (Å²) >= 11 is 1.98. The van der Waals surface area contributed by atoms with E-state index >= 15 is 0 Å². The predicted molar refractivity (Wildman–Crippen MR) is 84.6 cm³/mol. The third kappa shape index (κ3) is 2.17. The van der Waals surface area contributed by atoms with Crippen LogP contribution < -0.4 is 10.2 Å². The average molecular weight is 291 g/mol. The average Bonchev–Trinajstić information content (AvgIpc) is 3.18. The molecule has 110 valence electrons. The Morgan fingerprint density at radius 2 is 2.30 bits per heavy atom. The van der Waals surface area contributed by atoms with E-state index in [1.54, 1.807) is 4.88 Å². The first-order chi connectivity index (χ1) is 9.85. The molecule has 3 aliphatic rings. The van der Waals surface area contributed by atoms with Crippen molar-refractivity contribution >= 4 is 16.5 Å². The molecule has 3 unspecified atom stereocenters. The summed E-state index contributed by atoms with van der Waals surface area (Å²) in [5.74, 6) is 0.954. The first kappa shape index (κ1) is 13.1. The largest absolute Gasteiger partial charge is 0.345 e. The van der Waals surface area contributed by atoms with E-state index in [2.05, 4.69) is 17.1 Å². The standard InChI is InChI=1S/C16H25N3S/c1-2-8-17-13-4-3-5-14-15(13)18-16(20-14)19-10-11-6-7-12(19)9-11/h11-13,17H,2-10H2,1H3. The van der Waals surface area contributed by atoms with Gasteiger partial charge in [-0.25, -0.2) is 4.98 Å². The van der Waals surface area contributed by atoms with Gasteiger partial charge in [-0.2, -0.15) is 0 Å². The number of hydrogen-bond acceptors (Lipinski definition) is 4. The Labute approximate surface area is 125 Å². The van der Waals surface area contributed by atoms with Crippen LogP contribution in [0.15, 0.2) is 0 Å². The van der Waals surface area contributed by atoms with E-state index in [9.17, 15) is 0 Å². The molecule has 0 radical (unpaired) electrons. The van der Waals surface area contributed by atoms with Crippen molar-refractivity contribution in [3.63, 3.8) is 0 Å². The van der Waals surface area contributed by atoms with E-state index in [-0.39, 0.29) is 0 Å². The Bertz CT molecular complexity index is 484. The molecule has 2 heterocycles. The molecule has 1 aliphatic heterocycles. The predicted octanol–water partition coefficient (Wildman–Crippen LogP) is 3.51. The maximum atomic E-state index is 5.07. The molecule has 1 saturated carbocycles. The second-order valence-electron chi connectivity index (χ2n) is 6.69. The molecular formula is C16H25N3S. The van der Waals surface area contributed by atoms with Crippen LogP contribution in [0.1, 0.15) is 62.1 Å². The van der Waals surface area contributed by atoms with E-state index in [1.807, 2.05) is 11.3 Å². The van der Waals surface area contributed by atoms with E-state index in [4.69, 9.17) is 4.98 Å². The van der Waals surface area contributed by atoms with Crippen LogP contribution >= 0.6 is 11.3 Å². The molecule has 2 bridgehead atoms. The number of nitrogens with zero attached hydrogens (tertiary/aromatic N) is 2. The summed E-state index contributed by atoms with van der Waals surface area (Å²) in [5, 5.41) is 5.02. The highest BCUT2D eigenvalue weighted by Gasteiger charge is 2.39. The molecule has 2 fully saturated rings. The number of aryl methyl sites for hydroxylation is 1. The molecule has 0 spiro atoms. The number of piperidine rings is 1. The summed E-state index contributed by atoms with van der Waals surface area (Å²) in [7, 11) is 0. The summed E-state index contributed by atoms with van der Waals surface area (Å²) in [5.41, 5.74) is 1.38. The summed E-state index contributed by atoms with van der Waals surface area (Å²) in [6, 6.07) is 1.32. The van der Waals surface area contributed by atoms with Crippen molar-refractivity contribution < 1.29 is 0 Å². The summed E-state index contributed by atoms with van der Waals surface area (Å²) in [4.78, 5) is 9.24. The number of hydrogen-bond donors (Lipinski definition) is 1. The Morgan fingerprint density at radius 1 is 1.35 bits per heavy atom. The van der Waals surface area contributed by atoms with Crippen molar-refractivity contribution in [2.24, 2.45) is 5.92 Å². The monoisotopic (exact) mass is 291 g/mol. The van der Waals surface area contributed by atoms with Crippen molar-refractivity contribution in [3.05, 3.63) is 10.6 Å². The molecule has 3 atom stereocenters. The summed E-state index contributed by atoms with van der Waals surface area (Å²) < 4.78 is 0. The van der Waals surface area contributed by atoms with Gasteiger partial charge in [0, 0.05) is 17.5 Å². The van der Waals surface area contributed by atoms with Gasteiger partial charge >= 0.3 is 0 Å². The third-order valence-corrected chi connectivity index (χ3v) is 6.41. The minimum Gasteiger partial charge on any atom is -0.345 e. The van der Waals surface area contributed by atoms with Gasteiger partial charge in [-0.1, -0.05) is 6.92 Å². The lowest BCUT2D eigenvalue weighted by atomic mass is 9.97. The SMILES string of the molecule is CCCNC1CCCc2sc(N3CC4CCC3C4)nc21. The Hall–Kier alpha value is -0.610. The van der Waals surface area contributed by atoms with Gasteiger partial charge in [0.15, 0.2) is 5.13 Å². The summed E-state index contributed by atoms with van der Waals surface area (Å²) in [6.45, 7) is 4.62. The van der Waals surface area contributed by atoms with Crippen LogP contribution in [0.3, 0.4) is 0 Å². The first-order valence-electron chi connectivity index (χ1n) is 8.34. The fourth-order valence-corrected chi connectivity index (χ4v) is 5.45. The van der Waals surface area contributed by atoms with Crippen LogP contribution in [0.4, 0.5) is 5.13 Å². The molecule has 4 rings (SSSR count). The third-order valence-electron chi connectivity index (χ3n) is 5.24. The highest BCUT2D eigenvalue weighted by molar-refractivity contribution is 7.15. The van der Waals surface area contributed by atoms with Gasteiger partial charge in [0.05, 0.1) is 11.7 Å². The molecule has 2 aliphatic carbocycles. The van der Waals surface area contributed by atoms with Crippen LogP contribution in [0.5, 0.6) is 0 Å². The minimum absolute atomic E-state index is 0.517. The number of thiazole rings is 1. The molecule has 4 heteroatoms. The highest BCUT2D eigenvalue weighted by atomic mass is 32.1. The lowest BCUT2D eigenvalue weighted by Crippen LogP contribution is -2.32. The van der Waals surface area contributed by atoms with Crippen molar-refractivity contribution in [2.75, 3.05) is 18.0 Å². The van der Waals surface area contributed by atoms with Gasteiger partial charge in [-0.05, 0) is 57.4 Å². The van der Waals surface area contributed by atoms with Gasteiger partial charge < -0.3 is 10.2 Å². The number of aromatic nitrogens is 1. The zero-order chi connectivity index (χ0) is 13.5. The first-order valence-corrected chi connectivity index (χ1v) is 9.16. The smallest absolute Gasteiger partial charge is 0.186 e. The molecule has 3 nitrogen and oxygen atoms in total. The van der Waals surface area contributed by atoms with E-state index < -0.39 is 0 Å². The van der Waals surface area contributed by atoms with Crippen LogP contribution in [-0.2, 0) is 6.42 Å².